The fourth-order valence-corrected chi connectivity index (χ4v) is 2.67. The normalized spacial score (nSPS) is 10.3. The first-order valence-corrected chi connectivity index (χ1v) is 8.54. The van der Waals surface area contributed by atoms with E-state index in [1.165, 1.54) is 18.7 Å². The van der Waals surface area contributed by atoms with E-state index >= 15 is 0 Å². The van der Waals surface area contributed by atoms with Gasteiger partial charge in [-0.3, -0.25) is 14.4 Å². The minimum absolute atomic E-state index is 0.0667. The molecule has 0 aliphatic carbocycles. The quantitative estimate of drug-likeness (QED) is 0.802. The molecule has 2 amide bonds. The molecule has 0 saturated heterocycles. The highest BCUT2D eigenvalue weighted by molar-refractivity contribution is 5.98. The van der Waals surface area contributed by atoms with E-state index in [2.05, 4.69) is 5.32 Å². The van der Waals surface area contributed by atoms with Crippen LogP contribution in [-0.2, 0) is 9.59 Å². The number of carbonyl (C=O) groups is 3. The summed E-state index contributed by atoms with van der Waals surface area (Å²) in [4.78, 5) is 37.4. The van der Waals surface area contributed by atoms with Crippen LogP contribution in [0.2, 0.25) is 0 Å². The topological polar surface area (TPSA) is 66.5 Å². The number of nitrogens with one attached hydrogen (secondary N) is 1. The molecule has 0 bridgehead atoms. The van der Waals surface area contributed by atoms with Crippen molar-refractivity contribution in [3.8, 4) is 0 Å². The third-order valence-corrected chi connectivity index (χ3v) is 4.39. The molecular weight excluding hydrogens is 328 g/mol. The molecule has 1 N–H and O–H groups in total. The van der Waals surface area contributed by atoms with Crippen molar-refractivity contribution in [1.29, 1.82) is 0 Å². The SMILES string of the molecule is CC(=O)c1cccc(N(CCC(=O)Nc2cccc(C)c2C)C(C)=O)c1. The van der Waals surface area contributed by atoms with Crippen LogP contribution in [0.15, 0.2) is 42.5 Å². The number of Topliss-reactive ketones (excluding diaryl/α,β-unsaturated/α-hetero) is 1. The number of rotatable bonds is 6. The molecule has 2 rings (SSSR count). The molecule has 26 heavy (non-hydrogen) atoms. The van der Waals surface area contributed by atoms with Gasteiger partial charge in [0.25, 0.3) is 0 Å². The number of benzene rings is 2. The lowest BCUT2D eigenvalue weighted by Gasteiger charge is -2.21. The molecule has 5 nitrogen and oxygen atoms in total. The molecule has 0 heterocycles. The molecule has 0 atom stereocenters. The van der Waals surface area contributed by atoms with Crippen LogP contribution in [0.5, 0.6) is 0 Å². The first-order valence-electron chi connectivity index (χ1n) is 8.54. The van der Waals surface area contributed by atoms with Gasteiger partial charge < -0.3 is 10.2 Å². The summed E-state index contributed by atoms with van der Waals surface area (Å²) in [5, 5.41) is 2.90. The van der Waals surface area contributed by atoms with Gasteiger partial charge in [-0.25, -0.2) is 0 Å². The highest BCUT2D eigenvalue weighted by atomic mass is 16.2. The third kappa shape index (κ3) is 4.79. The van der Waals surface area contributed by atoms with Crippen molar-refractivity contribution in [1.82, 2.24) is 0 Å². The van der Waals surface area contributed by atoms with Gasteiger partial charge in [-0.1, -0.05) is 24.3 Å². The molecule has 0 spiro atoms. The number of hydrogen-bond donors (Lipinski definition) is 1. The third-order valence-electron chi connectivity index (χ3n) is 4.39. The number of nitrogens with zero attached hydrogens (tertiary/aromatic N) is 1. The van der Waals surface area contributed by atoms with Gasteiger partial charge in [0, 0.05) is 36.8 Å². The first kappa shape index (κ1) is 19.4. The van der Waals surface area contributed by atoms with Crippen molar-refractivity contribution in [2.75, 3.05) is 16.8 Å². The van der Waals surface area contributed by atoms with Crippen LogP contribution in [0.25, 0.3) is 0 Å². The zero-order chi connectivity index (χ0) is 19.3. The zero-order valence-electron chi connectivity index (χ0n) is 15.6. The monoisotopic (exact) mass is 352 g/mol. The van der Waals surface area contributed by atoms with Crippen molar-refractivity contribution in [2.24, 2.45) is 0 Å². The average molecular weight is 352 g/mol. The van der Waals surface area contributed by atoms with E-state index in [0.717, 1.165) is 16.8 Å². The maximum atomic E-state index is 12.3. The summed E-state index contributed by atoms with van der Waals surface area (Å²) in [6.07, 6.45) is 0.164. The van der Waals surface area contributed by atoms with Gasteiger partial charge in [0.2, 0.25) is 11.8 Å². The molecule has 0 saturated carbocycles. The smallest absolute Gasteiger partial charge is 0.226 e. The number of ketones is 1. The van der Waals surface area contributed by atoms with E-state index in [9.17, 15) is 14.4 Å². The van der Waals surface area contributed by atoms with Crippen molar-refractivity contribution in [2.45, 2.75) is 34.1 Å². The second-order valence-electron chi connectivity index (χ2n) is 6.32. The van der Waals surface area contributed by atoms with E-state index in [0.29, 0.717) is 11.3 Å². The summed E-state index contributed by atoms with van der Waals surface area (Å²) >= 11 is 0. The Kier molecular flexibility index (Phi) is 6.28. The Labute approximate surface area is 154 Å². The number of carbonyl (C=O) groups excluding carboxylic acids is 3. The lowest BCUT2D eigenvalue weighted by molar-refractivity contribution is -0.117. The maximum Gasteiger partial charge on any atom is 0.226 e. The molecule has 0 unspecified atom stereocenters. The Balaban J connectivity index is 2.08. The van der Waals surface area contributed by atoms with Crippen molar-refractivity contribution in [3.63, 3.8) is 0 Å². The minimum atomic E-state index is -0.176. The highest BCUT2D eigenvalue weighted by Gasteiger charge is 2.15. The van der Waals surface area contributed by atoms with E-state index < -0.39 is 0 Å². The number of anilines is 2. The zero-order valence-corrected chi connectivity index (χ0v) is 15.6. The predicted octanol–water partition coefficient (Wildman–Crippen LogP) is 3.89. The maximum absolute atomic E-state index is 12.3. The van der Waals surface area contributed by atoms with E-state index in [1.807, 2.05) is 32.0 Å². The van der Waals surface area contributed by atoms with E-state index in [1.54, 1.807) is 24.3 Å². The van der Waals surface area contributed by atoms with Crippen LogP contribution in [0.4, 0.5) is 11.4 Å². The molecule has 0 radical (unpaired) electrons. The molecule has 0 fully saturated rings. The summed E-state index contributed by atoms with van der Waals surface area (Å²) in [5.41, 5.74) is 4.06. The van der Waals surface area contributed by atoms with Crippen molar-refractivity contribution >= 4 is 29.0 Å². The number of aryl methyl sites for hydroxylation is 1. The molecule has 2 aromatic rings. The van der Waals surface area contributed by atoms with Gasteiger partial charge >= 0.3 is 0 Å². The van der Waals surface area contributed by atoms with Crippen LogP contribution < -0.4 is 10.2 Å². The fourth-order valence-electron chi connectivity index (χ4n) is 2.67. The standard InChI is InChI=1S/C21H24N2O3/c1-14-7-5-10-20(15(14)2)22-21(26)11-12-23(17(4)25)19-9-6-8-18(13-19)16(3)24/h5-10,13H,11-12H2,1-4H3,(H,22,26). The summed E-state index contributed by atoms with van der Waals surface area (Å²) in [6.45, 7) is 7.12. The molecule has 0 aliphatic heterocycles. The number of hydrogen-bond acceptors (Lipinski definition) is 3. The predicted molar refractivity (Wildman–Crippen MR) is 104 cm³/mol. The molecule has 2 aromatic carbocycles. The highest BCUT2D eigenvalue weighted by Crippen LogP contribution is 2.20. The second kappa shape index (κ2) is 8.43. The van der Waals surface area contributed by atoms with Gasteiger partial charge in [-0.05, 0) is 50.1 Å². The average Bonchev–Trinajstić information content (AvgIpc) is 2.59. The van der Waals surface area contributed by atoms with E-state index in [4.69, 9.17) is 0 Å². The fraction of sp³-hybridized carbons (Fsp3) is 0.286. The largest absolute Gasteiger partial charge is 0.326 e. The first-order chi connectivity index (χ1) is 12.3. The summed E-state index contributed by atoms with van der Waals surface area (Å²) in [7, 11) is 0. The van der Waals surface area contributed by atoms with Gasteiger partial charge in [0.05, 0.1) is 0 Å². The van der Waals surface area contributed by atoms with Crippen LogP contribution in [-0.4, -0.2) is 24.1 Å². The Morgan fingerprint density at radius 1 is 1.00 bits per heavy atom. The Hall–Kier alpha value is -2.95. The Bertz CT molecular complexity index is 843. The minimum Gasteiger partial charge on any atom is -0.326 e. The Morgan fingerprint density at radius 2 is 1.69 bits per heavy atom. The van der Waals surface area contributed by atoms with Crippen LogP contribution in [0, 0.1) is 13.8 Å². The molecule has 5 heteroatoms. The van der Waals surface area contributed by atoms with Crippen molar-refractivity contribution < 1.29 is 14.4 Å². The van der Waals surface area contributed by atoms with E-state index in [-0.39, 0.29) is 30.6 Å². The molecule has 136 valence electrons. The van der Waals surface area contributed by atoms with Crippen LogP contribution in [0.3, 0.4) is 0 Å². The number of amides is 2. The lowest BCUT2D eigenvalue weighted by atomic mass is 10.1. The summed E-state index contributed by atoms with van der Waals surface area (Å²) in [5.74, 6) is -0.402. The van der Waals surface area contributed by atoms with Gasteiger partial charge in [-0.2, -0.15) is 0 Å². The molecule has 0 aliphatic rings. The van der Waals surface area contributed by atoms with Gasteiger partial charge in [0.15, 0.2) is 5.78 Å². The Morgan fingerprint density at radius 3 is 2.35 bits per heavy atom. The van der Waals surface area contributed by atoms with Crippen LogP contribution >= 0.6 is 0 Å². The molecular formula is C21H24N2O3. The van der Waals surface area contributed by atoms with Crippen LogP contribution in [0.1, 0.15) is 41.8 Å². The van der Waals surface area contributed by atoms with Gasteiger partial charge in [0.1, 0.15) is 0 Å². The molecule has 0 aromatic heterocycles. The second-order valence-corrected chi connectivity index (χ2v) is 6.32. The van der Waals surface area contributed by atoms with Gasteiger partial charge in [-0.15, -0.1) is 0 Å². The summed E-state index contributed by atoms with van der Waals surface area (Å²) < 4.78 is 0. The van der Waals surface area contributed by atoms with Crippen molar-refractivity contribution in [3.05, 3.63) is 59.2 Å². The lowest BCUT2D eigenvalue weighted by Crippen LogP contribution is -2.32. The summed E-state index contributed by atoms with van der Waals surface area (Å²) in [6, 6.07) is 12.6.